The Kier molecular flexibility index (Phi) is 4.30. The summed E-state index contributed by atoms with van der Waals surface area (Å²) in [4.78, 5) is 12.2. The highest BCUT2D eigenvalue weighted by Gasteiger charge is 2.04. The molecule has 0 saturated carbocycles. The van der Waals surface area contributed by atoms with Gasteiger partial charge in [-0.2, -0.15) is 0 Å². The minimum absolute atomic E-state index is 0.118. The van der Waals surface area contributed by atoms with Crippen molar-refractivity contribution in [1.29, 1.82) is 0 Å². The number of rotatable bonds is 5. The molecule has 5 heteroatoms. The fourth-order valence-electron chi connectivity index (χ4n) is 1.39. The number of halogens is 1. The van der Waals surface area contributed by atoms with E-state index in [2.05, 4.69) is 5.32 Å². The second-order valence-electron chi connectivity index (χ2n) is 3.54. The maximum absolute atomic E-state index is 12.8. The van der Waals surface area contributed by atoms with Crippen LogP contribution in [0.1, 0.15) is 9.67 Å². The number of nitrogens with one attached hydrogen (secondary N) is 1. The Balaban J connectivity index is 1.72. The minimum atomic E-state index is -0.338. The molecule has 18 heavy (non-hydrogen) atoms. The topological polar surface area (TPSA) is 38.3 Å². The molecule has 3 nitrogen and oxygen atoms in total. The lowest BCUT2D eigenvalue weighted by Gasteiger charge is -2.06. The molecule has 1 aromatic heterocycles. The normalized spacial score (nSPS) is 10.1. The third-order valence-corrected chi connectivity index (χ3v) is 3.07. The summed E-state index contributed by atoms with van der Waals surface area (Å²) in [5.41, 5.74) is 0. The molecule has 2 rings (SSSR count). The van der Waals surface area contributed by atoms with Crippen LogP contribution in [-0.2, 0) is 0 Å². The van der Waals surface area contributed by atoms with Crippen molar-refractivity contribution >= 4 is 17.2 Å². The van der Waals surface area contributed by atoms with Gasteiger partial charge in [-0.15, -0.1) is 11.3 Å². The van der Waals surface area contributed by atoms with Crippen LogP contribution in [0.4, 0.5) is 4.39 Å². The number of thiophene rings is 1. The van der Waals surface area contributed by atoms with Gasteiger partial charge in [0.25, 0.3) is 5.91 Å². The van der Waals surface area contributed by atoms with E-state index in [9.17, 15) is 9.18 Å². The Hall–Kier alpha value is -1.88. The second-order valence-corrected chi connectivity index (χ2v) is 4.49. The van der Waals surface area contributed by atoms with E-state index in [0.29, 0.717) is 23.8 Å². The van der Waals surface area contributed by atoms with Crippen molar-refractivity contribution < 1.29 is 13.9 Å². The van der Waals surface area contributed by atoms with Crippen LogP contribution in [-0.4, -0.2) is 19.1 Å². The van der Waals surface area contributed by atoms with Gasteiger partial charge in [0.1, 0.15) is 18.2 Å². The van der Waals surface area contributed by atoms with Crippen LogP contribution in [0.3, 0.4) is 0 Å². The summed E-state index contributed by atoms with van der Waals surface area (Å²) < 4.78 is 18.1. The molecule has 0 aliphatic rings. The molecule has 0 bridgehead atoms. The van der Waals surface area contributed by atoms with E-state index in [1.807, 2.05) is 11.4 Å². The van der Waals surface area contributed by atoms with Crippen molar-refractivity contribution in [2.75, 3.05) is 13.2 Å². The summed E-state index contributed by atoms with van der Waals surface area (Å²) >= 11 is 1.38. The van der Waals surface area contributed by atoms with Crippen molar-refractivity contribution in [3.63, 3.8) is 0 Å². The van der Waals surface area contributed by atoms with Crippen molar-refractivity contribution in [2.45, 2.75) is 0 Å². The predicted molar refractivity (Wildman–Crippen MR) is 68.5 cm³/mol. The fourth-order valence-corrected chi connectivity index (χ4v) is 2.03. The Morgan fingerprint density at radius 2 is 2.22 bits per heavy atom. The fraction of sp³-hybridized carbons (Fsp3) is 0.154. The molecular formula is C13H12FNO2S. The van der Waals surface area contributed by atoms with Crippen LogP contribution in [0.2, 0.25) is 0 Å². The van der Waals surface area contributed by atoms with E-state index < -0.39 is 0 Å². The van der Waals surface area contributed by atoms with E-state index in [0.717, 1.165) is 0 Å². The molecule has 0 aliphatic heterocycles. The zero-order valence-corrected chi connectivity index (χ0v) is 10.4. The van der Waals surface area contributed by atoms with Gasteiger partial charge < -0.3 is 10.1 Å². The molecule has 1 heterocycles. The summed E-state index contributed by atoms with van der Waals surface area (Å²) in [6.07, 6.45) is 0. The zero-order chi connectivity index (χ0) is 12.8. The van der Waals surface area contributed by atoms with Gasteiger partial charge in [0.05, 0.1) is 11.4 Å². The quantitative estimate of drug-likeness (QED) is 0.844. The van der Waals surface area contributed by atoms with Crippen LogP contribution < -0.4 is 10.1 Å². The predicted octanol–water partition coefficient (Wildman–Crippen LogP) is 2.70. The first-order valence-corrected chi connectivity index (χ1v) is 6.34. The van der Waals surface area contributed by atoms with Crippen molar-refractivity contribution in [3.05, 3.63) is 52.5 Å². The highest BCUT2D eigenvalue weighted by atomic mass is 32.1. The maximum Gasteiger partial charge on any atom is 0.261 e. The summed E-state index contributed by atoms with van der Waals surface area (Å²) in [5.74, 6) is 0.00309. The molecule has 0 atom stereocenters. The van der Waals surface area contributed by atoms with E-state index in [1.54, 1.807) is 18.2 Å². The molecule has 2 aromatic rings. The number of hydrogen-bond donors (Lipinski definition) is 1. The molecule has 0 saturated heterocycles. The van der Waals surface area contributed by atoms with Gasteiger partial charge in [-0.1, -0.05) is 12.1 Å². The van der Waals surface area contributed by atoms with E-state index in [4.69, 9.17) is 4.74 Å². The standard InChI is InChI=1S/C13H12FNO2S/c14-10-3-1-4-11(9-10)17-7-6-15-13(16)12-5-2-8-18-12/h1-5,8-9H,6-7H2,(H,15,16). The number of hydrogen-bond acceptors (Lipinski definition) is 3. The number of ether oxygens (including phenoxy) is 1. The number of carbonyl (C=O) groups excluding carboxylic acids is 1. The number of amides is 1. The third kappa shape index (κ3) is 3.56. The monoisotopic (exact) mass is 265 g/mol. The molecule has 0 unspecified atom stereocenters. The summed E-state index contributed by atoms with van der Waals surface area (Å²) in [7, 11) is 0. The lowest BCUT2D eigenvalue weighted by Crippen LogP contribution is -2.27. The molecular weight excluding hydrogens is 253 g/mol. The maximum atomic E-state index is 12.8. The third-order valence-electron chi connectivity index (χ3n) is 2.20. The first kappa shape index (κ1) is 12.6. The van der Waals surface area contributed by atoms with Gasteiger partial charge in [-0.3, -0.25) is 4.79 Å². The lowest BCUT2D eigenvalue weighted by molar-refractivity contribution is 0.0951. The second kappa shape index (κ2) is 6.16. The molecule has 0 spiro atoms. The summed E-state index contributed by atoms with van der Waals surface area (Å²) in [6, 6.07) is 9.49. The van der Waals surface area contributed by atoms with Gasteiger partial charge in [0.15, 0.2) is 0 Å². The Morgan fingerprint density at radius 3 is 2.94 bits per heavy atom. The molecule has 94 valence electrons. The molecule has 0 aliphatic carbocycles. The molecule has 1 N–H and O–H groups in total. The Bertz CT molecular complexity index is 513. The van der Waals surface area contributed by atoms with E-state index in [1.165, 1.54) is 23.5 Å². The van der Waals surface area contributed by atoms with Crippen LogP contribution in [0.15, 0.2) is 41.8 Å². The summed E-state index contributed by atoms with van der Waals surface area (Å²) in [6.45, 7) is 0.688. The average molecular weight is 265 g/mol. The Labute approximate surface area is 108 Å². The van der Waals surface area contributed by atoms with E-state index >= 15 is 0 Å². The molecule has 1 amide bonds. The van der Waals surface area contributed by atoms with Crippen molar-refractivity contribution in [3.8, 4) is 5.75 Å². The molecule has 0 fully saturated rings. The molecule has 1 aromatic carbocycles. The van der Waals surface area contributed by atoms with Crippen molar-refractivity contribution in [1.82, 2.24) is 5.32 Å². The van der Waals surface area contributed by atoms with Gasteiger partial charge in [0, 0.05) is 6.07 Å². The Morgan fingerprint density at radius 1 is 1.33 bits per heavy atom. The summed E-state index contributed by atoms with van der Waals surface area (Å²) in [5, 5.41) is 4.57. The highest BCUT2D eigenvalue weighted by molar-refractivity contribution is 7.12. The van der Waals surface area contributed by atoms with Gasteiger partial charge in [-0.25, -0.2) is 4.39 Å². The van der Waals surface area contributed by atoms with Crippen LogP contribution in [0.5, 0.6) is 5.75 Å². The van der Waals surface area contributed by atoms with Crippen LogP contribution in [0, 0.1) is 5.82 Å². The average Bonchev–Trinajstić information content (AvgIpc) is 2.88. The smallest absolute Gasteiger partial charge is 0.261 e. The van der Waals surface area contributed by atoms with Crippen LogP contribution >= 0.6 is 11.3 Å². The largest absolute Gasteiger partial charge is 0.492 e. The van der Waals surface area contributed by atoms with E-state index in [-0.39, 0.29) is 11.7 Å². The van der Waals surface area contributed by atoms with Crippen molar-refractivity contribution in [2.24, 2.45) is 0 Å². The lowest BCUT2D eigenvalue weighted by atomic mass is 10.3. The molecule has 0 radical (unpaired) electrons. The van der Waals surface area contributed by atoms with Crippen LogP contribution in [0.25, 0.3) is 0 Å². The van der Waals surface area contributed by atoms with Gasteiger partial charge >= 0.3 is 0 Å². The zero-order valence-electron chi connectivity index (χ0n) is 9.56. The number of benzene rings is 1. The first-order valence-electron chi connectivity index (χ1n) is 5.46. The highest BCUT2D eigenvalue weighted by Crippen LogP contribution is 2.11. The number of carbonyl (C=O) groups is 1. The van der Waals surface area contributed by atoms with Gasteiger partial charge in [0.2, 0.25) is 0 Å². The van der Waals surface area contributed by atoms with Gasteiger partial charge in [-0.05, 0) is 23.6 Å². The minimum Gasteiger partial charge on any atom is -0.492 e. The SMILES string of the molecule is O=C(NCCOc1cccc(F)c1)c1cccs1. The first-order chi connectivity index (χ1) is 8.75.